The lowest BCUT2D eigenvalue weighted by atomic mass is 9.82. The smallest absolute Gasteiger partial charge is 0.338 e. The topological polar surface area (TPSA) is 49.8 Å². The van der Waals surface area contributed by atoms with Crippen molar-refractivity contribution in [2.75, 3.05) is 27.2 Å². The summed E-state index contributed by atoms with van der Waals surface area (Å²) in [7, 11) is 3.29. The Kier molecular flexibility index (Phi) is 2.93. The number of likely N-dealkylation sites (tertiary alicyclic amines) is 1. The second-order valence-electron chi connectivity index (χ2n) is 3.83. The van der Waals surface area contributed by atoms with Gasteiger partial charge in [0.25, 0.3) is 0 Å². The molecule has 0 radical (unpaired) electrons. The Labute approximate surface area is 78.5 Å². The van der Waals surface area contributed by atoms with Crippen LogP contribution in [0.15, 0.2) is 0 Å². The van der Waals surface area contributed by atoms with Gasteiger partial charge in [0.1, 0.15) is 0 Å². The van der Waals surface area contributed by atoms with Gasteiger partial charge in [0.05, 0.1) is 7.11 Å². The summed E-state index contributed by atoms with van der Waals surface area (Å²) < 4.78 is 4.59. The number of hydrogen-bond acceptors (Lipinski definition) is 4. The molecule has 0 aromatic heterocycles. The zero-order valence-corrected chi connectivity index (χ0v) is 8.41. The van der Waals surface area contributed by atoms with E-state index >= 15 is 0 Å². The molecule has 1 saturated heterocycles. The predicted molar refractivity (Wildman–Crippen MR) is 48.2 cm³/mol. The van der Waals surface area contributed by atoms with Crippen LogP contribution in [0.1, 0.15) is 13.3 Å². The molecule has 13 heavy (non-hydrogen) atoms. The number of ether oxygens (including phenoxy) is 1. The number of rotatable bonds is 1. The van der Waals surface area contributed by atoms with E-state index in [1.807, 2.05) is 14.0 Å². The van der Waals surface area contributed by atoms with Gasteiger partial charge in [-0.3, -0.25) is 0 Å². The molecule has 1 heterocycles. The summed E-state index contributed by atoms with van der Waals surface area (Å²) in [6.45, 7) is 3.33. The average Bonchev–Trinajstić information content (AvgIpc) is 2.11. The molecule has 0 aromatic rings. The van der Waals surface area contributed by atoms with Crippen LogP contribution in [0.25, 0.3) is 0 Å². The normalized spacial score (nSPS) is 35.8. The van der Waals surface area contributed by atoms with Gasteiger partial charge in [-0.2, -0.15) is 0 Å². The van der Waals surface area contributed by atoms with Crippen molar-refractivity contribution in [3.63, 3.8) is 0 Å². The minimum atomic E-state index is -1.28. The lowest BCUT2D eigenvalue weighted by Crippen LogP contribution is -2.54. The Morgan fingerprint density at radius 2 is 2.31 bits per heavy atom. The highest BCUT2D eigenvalue weighted by Crippen LogP contribution is 2.28. The monoisotopic (exact) mass is 187 g/mol. The van der Waals surface area contributed by atoms with Gasteiger partial charge in [-0.1, -0.05) is 6.92 Å². The number of hydrogen-bond donors (Lipinski definition) is 1. The molecule has 0 spiro atoms. The Morgan fingerprint density at radius 3 is 2.77 bits per heavy atom. The van der Waals surface area contributed by atoms with E-state index in [1.54, 1.807) is 0 Å². The van der Waals surface area contributed by atoms with Gasteiger partial charge in [-0.05, 0) is 13.5 Å². The van der Waals surface area contributed by atoms with E-state index in [0.29, 0.717) is 6.42 Å². The van der Waals surface area contributed by atoms with Crippen LogP contribution in [-0.2, 0) is 9.53 Å². The fraction of sp³-hybridized carbons (Fsp3) is 0.889. The van der Waals surface area contributed by atoms with Crippen LogP contribution in [0, 0.1) is 5.92 Å². The minimum absolute atomic E-state index is 0.0706. The molecule has 0 saturated carbocycles. The SMILES string of the molecule is COC(=O)C1(O)CCN(C)CC1C. The number of aliphatic hydroxyl groups is 1. The lowest BCUT2D eigenvalue weighted by molar-refractivity contribution is -0.173. The summed E-state index contributed by atoms with van der Waals surface area (Å²) in [5, 5.41) is 10.0. The van der Waals surface area contributed by atoms with E-state index in [9.17, 15) is 9.90 Å². The quantitative estimate of drug-likeness (QED) is 0.581. The number of carbonyl (C=O) groups excluding carboxylic acids is 1. The van der Waals surface area contributed by atoms with E-state index in [1.165, 1.54) is 7.11 Å². The Balaban J connectivity index is 2.73. The maximum absolute atomic E-state index is 11.3. The first-order valence-electron chi connectivity index (χ1n) is 4.50. The van der Waals surface area contributed by atoms with Crippen LogP contribution in [0.4, 0.5) is 0 Å². The molecule has 0 amide bonds. The molecule has 4 heteroatoms. The van der Waals surface area contributed by atoms with Gasteiger partial charge >= 0.3 is 5.97 Å². The molecule has 0 bridgehead atoms. The second-order valence-corrected chi connectivity index (χ2v) is 3.83. The second kappa shape index (κ2) is 3.64. The van der Waals surface area contributed by atoms with Gasteiger partial charge in [0, 0.05) is 19.0 Å². The molecule has 1 N–H and O–H groups in total. The highest BCUT2D eigenvalue weighted by atomic mass is 16.5. The highest BCUT2D eigenvalue weighted by Gasteiger charge is 2.45. The maximum atomic E-state index is 11.3. The fourth-order valence-corrected chi connectivity index (χ4v) is 1.80. The van der Waals surface area contributed by atoms with Crippen molar-refractivity contribution in [1.82, 2.24) is 4.90 Å². The zero-order chi connectivity index (χ0) is 10.1. The van der Waals surface area contributed by atoms with Gasteiger partial charge in [-0.25, -0.2) is 4.79 Å². The van der Waals surface area contributed by atoms with Crippen molar-refractivity contribution < 1.29 is 14.6 Å². The standard InChI is InChI=1S/C9H17NO3/c1-7-6-10(2)5-4-9(7,12)8(11)13-3/h7,12H,4-6H2,1-3H3. The van der Waals surface area contributed by atoms with E-state index < -0.39 is 11.6 Å². The Bertz CT molecular complexity index is 207. The maximum Gasteiger partial charge on any atom is 0.338 e. The van der Waals surface area contributed by atoms with Crippen molar-refractivity contribution in [2.45, 2.75) is 18.9 Å². The number of nitrogens with zero attached hydrogens (tertiary/aromatic N) is 1. The van der Waals surface area contributed by atoms with E-state index in [4.69, 9.17) is 0 Å². The van der Waals surface area contributed by atoms with Crippen molar-refractivity contribution in [3.8, 4) is 0 Å². The molecule has 2 unspecified atom stereocenters. The highest BCUT2D eigenvalue weighted by molar-refractivity contribution is 5.79. The van der Waals surface area contributed by atoms with Gasteiger partial charge in [-0.15, -0.1) is 0 Å². The summed E-state index contributed by atoms with van der Waals surface area (Å²) in [5.74, 6) is -0.577. The van der Waals surface area contributed by atoms with Crippen LogP contribution in [0.5, 0.6) is 0 Å². The molecule has 0 aromatic carbocycles. The summed E-state index contributed by atoms with van der Waals surface area (Å²) in [4.78, 5) is 13.4. The van der Waals surface area contributed by atoms with Crippen molar-refractivity contribution >= 4 is 5.97 Å². The third-order valence-electron chi connectivity index (χ3n) is 2.81. The van der Waals surface area contributed by atoms with Crippen molar-refractivity contribution in [2.24, 2.45) is 5.92 Å². The molecular formula is C9H17NO3. The molecule has 1 aliphatic heterocycles. The minimum Gasteiger partial charge on any atom is -0.467 e. The largest absolute Gasteiger partial charge is 0.467 e. The summed E-state index contributed by atoms with van der Waals surface area (Å²) >= 11 is 0. The molecule has 0 aliphatic carbocycles. The molecule has 2 atom stereocenters. The summed E-state index contributed by atoms with van der Waals surface area (Å²) in [6.07, 6.45) is 0.456. The first-order valence-corrected chi connectivity index (χ1v) is 4.50. The van der Waals surface area contributed by atoms with Crippen LogP contribution < -0.4 is 0 Å². The summed E-state index contributed by atoms with van der Waals surface area (Å²) in [6, 6.07) is 0. The molecular weight excluding hydrogens is 170 g/mol. The van der Waals surface area contributed by atoms with Crippen LogP contribution in [0.2, 0.25) is 0 Å². The molecule has 1 aliphatic rings. The Hall–Kier alpha value is -0.610. The average molecular weight is 187 g/mol. The molecule has 4 nitrogen and oxygen atoms in total. The van der Waals surface area contributed by atoms with Gasteiger partial charge < -0.3 is 14.7 Å². The fourth-order valence-electron chi connectivity index (χ4n) is 1.80. The molecule has 76 valence electrons. The number of piperidine rings is 1. The van der Waals surface area contributed by atoms with Gasteiger partial charge in [0.15, 0.2) is 5.60 Å². The molecule has 1 fully saturated rings. The van der Waals surface area contributed by atoms with Crippen molar-refractivity contribution in [1.29, 1.82) is 0 Å². The summed E-state index contributed by atoms with van der Waals surface area (Å²) in [5.41, 5.74) is -1.28. The van der Waals surface area contributed by atoms with Gasteiger partial charge in [0.2, 0.25) is 0 Å². The zero-order valence-electron chi connectivity index (χ0n) is 8.41. The Morgan fingerprint density at radius 1 is 1.69 bits per heavy atom. The number of esters is 1. The third kappa shape index (κ3) is 1.84. The van der Waals surface area contributed by atoms with E-state index in [-0.39, 0.29) is 5.92 Å². The van der Waals surface area contributed by atoms with Crippen molar-refractivity contribution in [3.05, 3.63) is 0 Å². The van der Waals surface area contributed by atoms with E-state index in [2.05, 4.69) is 9.64 Å². The predicted octanol–water partition coefficient (Wildman–Crippen LogP) is -0.138. The number of methoxy groups -OCH3 is 1. The third-order valence-corrected chi connectivity index (χ3v) is 2.81. The molecule has 1 rings (SSSR count). The van der Waals surface area contributed by atoms with E-state index in [0.717, 1.165) is 13.1 Å². The number of carbonyl (C=O) groups is 1. The van der Waals surface area contributed by atoms with Crippen LogP contribution >= 0.6 is 0 Å². The lowest BCUT2D eigenvalue weighted by Gasteiger charge is -2.39. The van der Waals surface area contributed by atoms with Crippen LogP contribution in [0.3, 0.4) is 0 Å². The first kappa shape index (κ1) is 10.5. The first-order chi connectivity index (χ1) is 6.00. The van der Waals surface area contributed by atoms with Crippen LogP contribution in [-0.4, -0.2) is 48.8 Å².